The van der Waals surface area contributed by atoms with Gasteiger partial charge < -0.3 is 9.64 Å². The van der Waals surface area contributed by atoms with Gasteiger partial charge in [-0.1, -0.05) is 25.0 Å². The highest BCUT2D eigenvalue weighted by Gasteiger charge is 2.27. The number of hydrogen-bond donors (Lipinski definition) is 0. The Balaban J connectivity index is 1.50. The standard InChI is InChI=1S/C24H26FN3O2/c1-30-22-12-6-18(7-13-22)23-5-3-2-4-15-27(23)24(29)17-20-14-16-28(26-20)21-10-8-19(25)9-11-21/h6-14,16,23H,2-5,15,17H2,1H3. The van der Waals surface area contributed by atoms with Gasteiger partial charge in [-0.05, 0) is 60.9 Å². The highest BCUT2D eigenvalue weighted by molar-refractivity contribution is 5.79. The number of nitrogens with zero attached hydrogens (tertiary/aromatic N) is 3. The lowest BCUT2D eigenvalue weighted by molar-refractivity contribution is -0.133. The van der Waals surface area contributed by atoms with E-state index in [0.717, 1.165) is 49.2 Å². The van der Waals surface area contributed by atoms with Gasteiger partial charge in [-0.3, -0.25) is 4.79 Å². The van der Waals surface area contributed by atoms with E-state index in [1.165, 1.54) is 12.1 Å². The van der Waals surface area contributed by atoms with E-state index in [-0.39, 0.29) is 24.2 Å². The molecule has 30 heavy (non-hydrogen) atoms. The Labute approximate surface area is 176 Å². The number of halogens is 1. The number of aromatic nitrogens is 2. The molecular weight excluding hydrogens is 381 g/mol. The van der Waals surface area contributed by atoms with Crippen molar-refractivity contribution in [1.29, 1.82) is 0 Å². The van der Waals surface area contributed by atoms with Crippen LogP contribution in [0.15, 0.2) is 60.8 Å². The maximum absolute atomic E-state index is 13.2. The van der Waals surface area contributed by atoms with Crippen LogP contribution in [-0.2, 0) is 11.2 Å². The molecule has 1 aliphatic heterocycles. The first-order valence-corrected chi connectivity index (χ1v) is 10.4. The monoisotopic (exact) mass is 407 g/mol. The molecule has 0 radical (unpaired) electrons. The number of likely N-dealkylation sites (tertiary alicyclic amines) is 1. The lowest BCUT2D eigenvalue weighted by Gasteiger charge is -2.30. The molecule has 1 unspecified atom stereocenters. The number of amides is 1. The summed E-state index contributed by atoms with van der Waals surface area (Å²) in [6, 6.07) is 16.1. The number of rotatable bonds is 5. The van der Waals surface area contributed by atoms with Crippen LogP contribution in [0.4, 0.5) is 4.39 Å². The zero-order chi connectivity index (χ0) is 20.9. The number of ether oxygens (including phenoxy) is 1. The third-order valence-electron chi connectivity index (χ3n) is 5.64. The van der Waals surface area contributed by atoms with Gasteiger partial charge >= 0.3 is 0 Å². The van der Waals surface area contributed by atoms with E-state index in [1.807, 2.05) is 23.1 Å². The van der Waals surface area contributed by atoms with Crippen LogP contribution >= 0.6 is 0 Å². The van der Waals surface area contributed by atoms with Gasteiger partial charge in [0.2, 0.25) is 5.91 Å². The van der Waals surface area contributed by atoms with Crippen LogP contribution in [0.25, 0.3) is 5.69 Å². The second kappa shape index (κ2) is 9.11. The molecule has 156 valence electrons. The number of methoxy groups -OCH3 is 1. The van der Waals surface area contributed by atoms with Gasteiger partial charge in [0, 0.05) is 12.7 Å². The third kappa shape index (κ3) is 4.53. The number of carbonyl (C=O) groups is 1. The molecule has 1 aromatic heterocycles. The number of benzene rings is 2. The molecule has 2 heterocycles. The van der Waals surface area contributed by atoms with Gasteiger partial charge in [-0.25, -0.2) is 9.07 Å². The Morgan fingerprint density at radius 3 is 2.57 bits per heavy atom. The van der Waals surface area contributed by atoms with Gasteiger partial charge in [0.25, 0.3) is 0 Å². The van der Waals surface area contributed by atoms with Gasteiger partial charge in [0.05, 0.1) is 31.0 Å². The molecule has 4 rings (SSSR count). The van der Waals surface area contributed by atoms with Crippen molar-refractivity contribution in [2.75, 3.05) is 13.7 Å². The minimum atomic E-state index is -0.285. The smallest absolute Gasteiger partial charge is 0.229 e. The summed E-state index contributed by atoms with van der Waals surface area (Å²) in [5.74, 6) is 0.616. The molecule has 1 aliphatic rings. The fraction of sp³-hybridized carbons (Fsp3) is 0.333. The molecule has 6 heteroatoms. The van der Waals surface area contributed by atoms with E-state index in [2.05, 4.69) is 17.2 Å². The van der Waals surface area contributed by atoms with Gasteiger partial charge in [-0.15, -0.1) is 0 Å². The quantitative estimate of drug-likeness (QED) is 0.616. The average molecular weight is 407 g/mol. The van der Waals surface area contributed by atoms with Crippen molar-refractivity contribution >= 4 is 5.91 Å². The SMILES string of the molecule is COc1ccc(C2CCCCCN2C(=O)Cc2ccn(-c3ccc(F)cc3)n2)cc1. The Morgan fingerprint density at radius 1 is 1.07 bits per heavy atom. The molecule has 2 aromatic carbocycles. The molecule has 5 nitrogen and oxygen atoms in total. The van der Waals surface area contributed by atoms with E-state index in [0.29, 0.717) is 5.69 Å². The van der Waals surface area contributed by atoms with Gasteiger partial charge in [0.15, 0.2) is 0 Å². The van der Waals surface area contributed by atoms with Crippen LogP contribution < -0.4 is 4.74 Å². The predicted molar refractivity (Wildman–Crippen MR) is 113 cm³/mol. The molecule has 0 N–H and O–H groups in total. The van der Waals surface area contributed by atoms with Crippen molar-refractivity contribution < 1.29 is 13.9 Å². The van der Waals surface area contributed by atoms with Crippen LogP contribution in [-0.4, -0.2) is 34.2 Å². The van der Waals surface area contributed by atoms with E-state index in [1.54, 1.807) is 30.1 Å². The highest BCUT2D eigenvalue weighted by Crippen LogP contribution is 2.31. The predicted octanol–water partition coefficient (Wildman–Crippen LogP) is 4.71. The van der Waals surface area contributed by atoms with Crippen LogP contribution in [0, 0.1) is 5.82 Å². The van der Waals surface area contributed by atoms with E-state index < -0.39 is 0 Å². The van der Waals surface area contributed by atoms with E-state index in [9.17, 15) is 9.18 Å². The highest BCUT2D eigenvalue weighted by atomic mass is 19.1. The largest absolute Gasteiger partial charge is 0.497 e. The summed E-state index contributed by atoms with van der Waals surface area (Å²) in [6.45, 7) is 0.758. The first-order chi connectivity index (χ1) is 14.6. The summed E-state index contributed by atoms with van der Waals surface area (Å²) in [7, 11) is 1.65. The molecule has 1 amide bonds. The zero-order valence-electron chi connectivity index (χ0n) is 17.1. The Kier molecular flexibility index (Phi) is 6.12. The molecule has 0 spiro atoms. The van der Waals surface area contributed by atoms with Crippen LogP contribution in [0.2, 0.25) is 0 Å². The summed E-state index contributed by atoms with van der Waals surface area (Å²) in [6.07, 6.45) is 6.28. The van der Waals surface area contributed by atoms with Crippen molar-refractivity contribution in [2.45, 2.75) is 38.1 Å². The van der Waals surface area contributed by atoms with Crippen molar-refractivity contribution in [3.63, 3.8) is 0 Å². The van der Waals surface area contributed by atoms with Crippen molar-refractivity contribution in [3.8, 4) is 11.4 Å². The summed E-state index contributed by atoms with van der Waals surface area (Å²) < 4.78 is 20.1. The lowest BCUT2D eigenvalue weighted by Crippen LogP contribution is -2.36. The molecule has 1 fully saturated rings. The first kappa shape index (κ1) is 20.1. The topological polar surface area (TPSA) is 47.4 Å². The van der Waals surface area contributed by atoms with Crippen LogP contribution in [0.3, 0.4) is 0 Å². The summed E-state index contributed by atoms with van der Waals surface area (Å²) >= 11 is 0. The third-order valence-corrected chi connectivity index (χ3v) is 5.64. The van der Waals surface area contributed by atoms with E-state index in [4.69, 9.17) is 4.74 Å². The van der Waals surface area contributed by atoms with Gasteiger partial charge in [0.1, 0.15) is 11.6 Å². The van der Waals surface area contributed by atoms with Crippen LogP contribution in [0.1, 0.15) is 43.0 Å². The van der Waals surface area contributed by atoms with Crippen LogP contribution in [0.5, 0.6) is 5.75 Å². The molecular formula is C24H26FN3O2. The Bertz CT molecular complexity index is 982. The Morgan fingerprint density at radius 2 is 1.83 bits per heavy atom. The summed E-state index contributed by atoms with van der Waals surface area (Å²) in [5.41, 5.74) is 2.62. The maximum atomic E-state index is 13.2. The second-order valence-electron chi connectivity index (χ2n) is 7.63. The fourth-order valence-corrected chi connectivity index (χ4v) is 4.03. The molecule has 0 bridgehead atoms. The molecule has 0 saturated carbocycles. The first-order valence-electron chi connectivity index (χ1n) is 10.4. The normalized spacial score (nSPS) is 16.9. The second-order valence-corrected chi connectivity index (χ2v) is 7.63. The van der Waals surface area contributed by atoms with Gasteiger partial charge in [-0.2, -0.15) is 5.10 Å². The molecule has 3 aromatic rings. The minimum absolute atomic E-state index is 0.0742. The molecule has 0 aliphatic carbocycles. The maximum Gasteiger partial charge on any atom is 0.229 e. The Hall–Kier alpha value is -3.15. The van der Waals surface area contributed by atoms with Crippen molar-refractivity contribution in [3.05, 3.63) is 77.9 Å². The fourth-order valence-electron chi connectivity index (χ4n) is 4.03. The lowest BCUT2D eigenvalue weighted by atomic mass is 10.00. The summed E-state index contributed by atoms with van der Waals surface area (Å²) in [4.78, 5) is 15.2. The average Bonchev–Trinajstić information content (AvgIpc) is 3.09. The number of carbonyl (C=O) groups excluding carboxylic acids is 1. The van der Waals surface area contributed by atoms with Crippen molar-refractivity contribution in [1.82, 2.24) is 14.7 Å². The number of hydrogen-bond acceptors (Lipinski definition) is 3. The zero-order valence-corrected chi connectivity index (χ0v) is 17.1. The van der Waals surface area contributed by atoms with E-state index >= 15 is 0 Å². The minimum Gasteiger partial charge on any atom is -0.497 e. The molecule has 1 saturated heterocycles. The van der Waals surface area contributed by atoms with Crippen molar-refractivity contribution in [2.24, 2.45) is 0 Å². The summed E-state index contributed by atoms with van der Waals surface area (Å²) in [5, 5.41) is 4.52. The molecule has 1 atom stereocenters.